The van der Waals surface area contributed by atoms with E-state index >= 15 is 0 Å². The molecule has 2 atom stereocenters. The molecule has 2 rings (SSSR count). The van der Waals surface area contributed by atoms with E-state index in [4.69, 9.17) is 0 Å². The minimum atomic E-state index is -1.07. The molecule has 0 fully saturated rings. The van der Waals surface area contributed by atoms with Gasteiger partial charge in [0.2, 0.25) is 0 Å². The van der Waals surface area contributed by atoms with E-state index in [0.29, 0.717) is 0 Å². The first kappa shape index (κ1) is 16.1. The smallest absolute Gasteiger partial charge is 0.129 e. The Morgan fingerprint density at radius 2 is 2.10 bits per heavy atom. The lowest BCUT2D eigenvalue weighted by atomic mass is 10.1. The topological polar surface area (TPSA) is 32.3 Å². The van der Waals surface area contributed by atoms with Crippen molar-refractivity contribution in [1.82, 2.24) is 5.32 Å². The van der Waals surface area contributed by atoms with Gasteiger partial charge >= 0.3 is 0 Å². The summed E-state index contributed by atoms with van der Waals surface area (Å²) in [6.07, 6.45) is 0.860. The van der Waals surface area contributed by atoms with Crippen molar-refractivity contribution in [1.29, 1.82) is 0 Å². The van der Waals surface area contributed by atoms with Gasteiger partial charge in [-0.1, -0.05) is 19.4 Å². The third-order valence-corrected chi connectivity index (χ3v) is 4.32. The van der Waals surface area contributed by atoms with Crippen LogP contribution in [0.25, 0.3) is 0 Å². The maximum Gasteiger partial charge on any atom is 0.129 e. The van der Waals surface area contributed by atoms with E-state index in [-0.39, 0.29) is 18.2 Å². The Morgan fingerprint density at radius 1 is 1.29 bits per heavy atom. The molecule has 114 valence electrons. The van der Waals surface area contributed by atoms with Gasteiger partial charge in [0, 0.05) is 23.0 Å². The molecule has 0 aliphatic heterocycles. The van der Waals surface area contributed by atoms with E-state index in [1.54, 1.807) is 11.3 Å². The molecule has 21 heavy (non-hydrogen) atoms. The summed E-state index contributed by atoms with van der Waals surface area (Å²) < 4.78 is 26.8. The van der Waals surface area contributed by atoms with E-state index in [1.165, 1.54) is 4.88 Å². The third kappa shape index (κ3) is 4.33. The summed E-state index contributed by atoms with van der Waals surface area (Å²) in [4.78, 5) is 1.18. The fraction of sp³-hybridized carbons (Fsp3) is 0.375. The van der Waals surface area contributed by atoms with Crippen LogP contribution in [0.5, 0.6) is 0 Å². The van der Waals surface area contributed by atoms with Crippen LogP contribution in [0.3, 0.4) is 0 Å². The predicted molar refractivity (Wildman–Crippen MR) is 81.3 cm³/mol. The van der Waals surface area contributed by atoms with Gasteiger partial charge in [0.25, 0.3) is 0 Å². The van der Waals surface area contributed by atoms with Crippen molar-refractivity contribution < 1.29 is 13.9 Å². The predicted octanol–water partition coefficient (Wildman–Crippen LogP) is 4.19. The van der Waals surface area contributed by atoms with Gasteiger partial charge in [-0.2, -0.15) is 0 Å². The first-order chi connectivity index (χ1) is 10.1. The highest BCUT2D eigenvalue weighted by Gasteiger charge is 2.17. The maximum atomic E-state index is 13.6. The fourth-order valence-corrected chi connectivity index (χ4v) is 3.09. The number of halogens is 2. The Hall–Kier alpha value is -1.30. The molecule has 2 N–H and O–H groups in total. The monoisotopic (exact) mass is 311 g/mol. The Labute approximate surface area is 127 Å². The van der Waals surface area contributed by atoms with Crippen LogP contribution < -0.4 is 5.32 Å². The van der Waals surface area contributed by atoms with E-state index in [1.807, 2.05) is 17.5 Å². The second-order valence-corrected chi connectivity index (χ2v) is 5.93. The zero-order valence-corrected chi connectivity index (χ0v) is 12.7. The minimum absolute atomic E-state index is 0.0103. The molecule has 0 saturated carbocycles. The first-order valence-electron chi connectivity index (χ1n) is 7.01. The molecule has 5 heteroatoms. The van der Waals surface area contributed by atoms with Crippen LogP contribution in [-0.2, 0) is 0 Å². The Balaban J connectivity index is 2.01. The minimum Gasteiger partial charge on any atom is -0.387 e. The van der Waals surface area contributed by atoms with Crippen LogP contribution in [0.1, 0.15) is 42.4 Å². The average molecular weight is 311 g/mol. The zero-order chi connectivity index (χ0) is 15.2. The molecular weight excluding hydrogens is 292 g/mol. The van der Waals surface area contributed by atoms with Crippen molar-refractivity contribution in [2.45, 2.75) is 31.9 Å². The van der Waals surface area contributed by atoms with Crippen molar-refractivity contribution in [2.75, 3.05) is 6.54 Å². The molecule has 0 aliphatic carbocycles. The number of aliphatic hydroxyl groups is 1. The molecule has 0 spiro atoms. The molecular formula is C16H19F2NOS. The van der Waals surface area contributed by atoms with Crippen LogP contribution >= 0.6 is 11.3 Å². The van der Waals surface area contributed by atoms with E-state index in [9.17, 15) is 13.9 Å². The number of hydrogen-bond acceptors (Lipinski definition) is 3. The number of hydrogen-bond donors (Lipinski definition) is 2. The summed E-state index contributed by atoms with van der Waals surface area (Å²) in [7, 11) is 0. The molecule has 0 radical (unpaired) electrons. The summed E-state index contributed by atoms with van der Waals surface area (Å²) in [6.45, 7) is 2.27. The summed E-state index contributed by atoms with van der Waals surface area (Å²) in [5.74, 6) is -1.14. The number of thiophene rings is 1. The van der Waals surface area contributed by atoms with Gasteiger partial charge in [-0.25, -0.2) is 8.78 Å². The molecule has 1 aromatic heterocycles. The Kier molecular flexibility index (Phi) is 5.85. The fourth-order valence-electron chi connectivity index (χ4n) is 2.26. The van der Waals surface area contributed by atoms with E-state index in [2.05, 4.69) is 12.2 Å². The average Bonchev–Trinajstić information content (AvgIpc) is 2.99. The number of rotatable bonds is 7. The summed E-state index contributed by atoms with van der Waals surface area (Å²) in [5.41, 5.74) is -0.0103. The van der Waals surface area contributed by atoms with Gasteiger partial charge in [-0.3, -0.25) is 0 Å². The molecule has 2 unspecified atom stereocenters. The quantitative estimate of drug-likeness (QED) is 0.803. The highest BCUT2D eigenvalue weighted by atomic mass is 32.1. The molecule has 0 amide bonds. The second kappa shape index (κ2) is 7.64. The summed E-state index contributed by atoms with van der Waals surface area (Å²) in [5, 5.41) is 15.3. The van der Waals surface area contributed by atoms with Crippen molar-refractivity contribution in [3.8, 4) is 0 Å². The highest BCUT2D eigenvalue weighted by molar-refractivity contribution is 7.10. The maximum absolute atomic E-state index is 13.6. The standard InChI is InChI=1S/C16H19F2NOS/c1-2-4-14(16-5-3-8-21-16)19-10-15(20)12-9-11(17)6-7-13(12)18/h3,5-9,14-15,19-20H,2,4,10H2,1H3. The van der Waals surface area contributed by atoms with E-state index < -0.39 is 17.7 Å². The second-order valence-electron chi connectivity index (χ2n) is 4.95. The van der Waals surface area contributed by atoms with Crippen LogP contribution in [0.4, 0.5) is 8.78 Å². The van der Waals surface area contributed by atoms with Gasteiger partial charge in [0.05, 0.1) is 6.10 Å². The van der Waals surface area contributed by atoms with Gasteiger partial charge in [-0.15, -0.1) is 11.3 Å². The SMILES string of the molecule is CCCC(NCC(O)c1cc(F)ccc1F)c1cccs1. The largest absolute Gasteiger partial charge is 0.387 e. The highest BCUT2D eigenvalue weighted by Crippen LogP contribution is 2.24. The molecule has 0 aliphatic rings. The first-order valence-corrected chi connectivity index (χ1v) is 7.89. The molecule has 1 heterocycles. The van der Waals surface area contributed by atoms with Gasteiger partial charge in [-0.05, 0) is 36.1 Å². The van der Waals surface area contributed by atoms with Crippen LogP contribution in [0.15, 0.2) is 35.7 Å². The van der Waals surface area contributed by atoms with Crippen molar-refractivity contribution in [3.63, 3.8) is 0 Å². The van der Waals surface area contributed by atoms with Crippen molar-refractivity contribution in [3.05, 3.63) is 57.8 Å². The number of aliphatic hydroxyl groups excluding tert-OH is 1. The van der Waals surface area contributed by atoms with Crippen molar-refractivity contribution >= 4 is 11.3 Å². The van der Waals surface area contributed by atoms with Crippen LogP contribution in [-0.4, -0.2) is 11.7 Å². The molecule has 0 saturated heterocycles. The molecule has 2 nitrogen and oxygen atoms in total. The van der Waals surface area contributed by atoms with Gasteiger partial charge in [0.15, 0.2) is 0 Å². The lowest BCUT2D eigenvalue weighted by Gasteiger charge is -2.20. The third-order valence-electron chi connectivity index (χ3n) is 3.34. The normalized spacial score (nSPS) is 14.1. The van der Waals surface area contributed by atoms with Gasteiger partial charge < -0.3 is 10.4 Å². The van der Waals surface area contributed by atoms with E-state index in [0.717, 1.165) is 31.0 Å². The summed E-state index contributed by atoms with van der Waals surface area (Å²) in [6, 6.07) is 7.27. The molecule has 0 bridgehead atoms. The summed E-state index contributed by atoms with van der Waals surface area (Å²) >= 11 is 1.65. The zero-order valence-electron chi connectivity index (χ0n) is 11.9. The number of nitrogens with one attached hydrogen (secondary N) is 1. The Bertz CT molecular complexity index is 559. The van der Waals surface area contributed by atoms with Crippen LogP contribution in [0, 0.1) is 11.6 Å². The Morgan fingerprint density at radius 3 is 2.76 bits per heavy atom. The molecule has 1 aromatic carbocycles. The number of benzene rings is 1. The lowest BCUT2D eigenvalue weighted by Crippen LogP contribution is -2.26. The van der Waals surface area contributed by atoms with Crippen molar-refractivity contribution in [2.24, 2.45) is 0 Å². The van der Waals surface area contributed by atoms with Gasteiger partial charge in [0.1, 0.15) is 11.6 Å². The van der Waals surface area contributed by atoms with Crippen LogP contribution in [0.2, 0.25) is 0 Å². The lowest BCUT2D eigenvalue weighted by molar-refractivity contribution is 0.164. The molecule has 2 aromatic rings.